The topological polar surface area (TPSA) is 40.8 Å². The molecule has 0 aliphatic carbocycles. The lowest BCUT2D eigenvalue weighted by molar-refractivity contribution is 0.0423. The number of likely N-dealkylation sites (tertiary alicyclic amines) is 1. The third-order valence-electron chi connectivity index (χ3n) is 5.29. The van der Waals surface area contributed by atoms with Gasteiger partial charge in [-0.3, -0.25) is 4.90 Å². The SMILES string of the molecule is CC1(CO)CCCN(Cc2c(-c3ccccc3)nc3ccccn23)C1. The molecule has 1 atom stereocenters. The molecule has 1 fully saturated rings. The maximum Gasteiger partial charge on any atom is 0.137 e. The molecule has 1 unspecified atom stereocenters. The molecule has 25 heavy (non-hydrogen) atoms. The largest absolute Gasteiger partial charge is 0.396 e. The van der Waals surface area contributed by atoms with Gasteiger partial charge < -0.3 is 9.51 Å². The summed E-state index contributed by atoms with van der Waals surface area (Å²) in [5.41, 5.74) is 4.43. The fraction of sp³-hybridized carbons (Fsp3) is 0.381. The van der Waals surface area contributed by atoms with Crippen LogP contribution in [0.2, 0.25) is 0 Å². The molecule has 3 aromatic rings. The Labute approximate surface area is 148 Å². The van der Waals surface area contributed by atoms with Crippen molar-refractivity contribution in [2.24, 2.45) is 5.41 Å². The average molecular weight is 335 g/mol. The first kappa shape index (κ1) is 16.3. The molecule has 0 saturated carbocycles. The Kier molecular flexibility index (Phi) is 4.32. The highest BCUT2D eigenvalue weighted by molar-refractivity contribution is 5.66. The number of aliphatic hydroxyl groups excluding tert-OH is 1. The van der Waals surface area contributed by atoms with E-state index in [1.165, 1.54) is 5.69 Å². The number of aromatic nitrogens is 2. The molecule has 0 radical (unpaired) electrons. The Morgan fingerprint density at radius 1 is 1.12 bits per heavy atom. The summed E-state index contributed by atoms with van der Waals surface area (Å²) in [5.74, 6) is 0. The number of imidazole rings is 1. The highest BCUT2D eigenvalue weighted by Gasteiger charge is 2.31. The Balaban J connectivity index is 1.73. The van der Waals surface area contributed by atoms with Crippen molar-refractivity contribution < 1.29 is 5.11 Å². The molecule has 3 heterocycles. The molecule has 2 aromatic heterocycles. The molecular weight excluding hydrogens is 310 g/mol. The molecule has 0 amide bonds. The number of rotatable bonds is 4. The smallest absolute Gasteiger partial charge is 0.137 e. The van der Waals surface area contributed by atoms with Crippen LogP contribution < -0.4 is 0 Å². The van der Waals surface area contributed by atoms with Crippen molar-refractivity contribution in [2.75, 3.05) is 19.7 Å². The summed E-state index contributed by atoms with van der Waals surface area (Å²) in [7, 11) is 0. The monoisotopic (exact) mass is 335 g/mol. The van der Waals surface area contributed by atoms with Crippen LogP contribution in [0.1, 0.15) is 25.5 Å². The molecule has 4 heteroatoms. The van der Waals surface area contributed by atoms with Gasteiger partial charge in [0.1, 0.15) is 5.65 Å². The summed E-state index contributed by atoms with van der Waals surface area (Å²) in [6.07, 6.45) is 4.33. The van der Waals surface area contributed by atoms with Crippen LogP contribution in [-0.2, 0) is 6.54 Å². The van der Waals surface area contributed by atoms with Gasteiger partial charge in [0.25, 0.3) is 0 Å². The minimum atomic E-state index is 0.00561. The van der Waals surface area contributed by atoms with Gasteiger partial charge in [-0.1, -0.05) is 43.3 Å². The minimum Gasteiger partial charge on any atom is -0.396 e. The first-order valence-electron chi connectivity index (χ1n) is 9.03. The third-order valence-corrected chi connectivity index (χ3v) is 5.29. The van der Waals surface area contributed by atoms with E-state index in [1.807, 2.05) is 12.1 Å². The van der Waals surface area contributed by atoms with Gasteiger partial charge in [-0.15, -0.1) is 0 Å². The normalized spacial score (nSPS) is 21.7. The van der Waals surface area contributed by atoms with E-state index < -0.39 is 0 Å². The van der Waals surface area contributed by atoms with Crippen LogP contribution in [0.3, 0.4) is 0 Å². The number of benzene rings is 1. The van der Waals surface area contributed by atoms with Gasteiger partial charge in [0.2, 0.25) is 0 Å². The van der Waals surface area contributed by atoms with E-state index >= 15 is 0 Å². The van der Waals surface area contributed by atoms with E-state index in [4.69, 9.17) is 4.98 Å². The molecule has 1 aliphatic heterocycles. The number of hydrogen-bond donors (Lipinski definition) is 1. The van der Waals surface area contributed by atoms with E-state index in [0.29, 0.717) is 0 Å². The van der Waals surface area contributed by atoms with E-state index in [-0.39, 0.29) is 12.0 Å². The number of nitrogens with zero attached hydrogens (tertiary/aromatic N) is 3. The van der Waals surface area contributed by atoms with Gasteiger partial charge in [0.05, 0.1) is 11.4 Å². The molecular formula is C21H25N3O. The van der Waals surface area contributed by atoms with Crippen LogP contribution in [-0.4, -0.2) is 39.1 Å². The second kappa shape index (κ2) is 6.62. The summed E-state index contributed by atoms with van der Waals surface area (Å²) >= 11 is 0. The molecule has 130 valence electrons. The van der Waals surface area contributed by atoms with E-state index in [9.17, 15) is 5.11 Å². The van der Waals surface area contributed by atoms with Gasteiger partial charge in [0, 0.05) is 36.9 Å². The summed E-state index contributed by atoms with van der Waals surface area (Å²) < 4.78 is 2.20. The Morgan fingerprint density at radius 3 is 2.72 bits per heavy atom. The average Bonchev–Trinajstić information content (AvgIpc) is 3.01. The van der Waals surface area contributed by atoms with Crippen LogP contribution in [0.5, 0.6) is 0 Å². The van der Waals surface area contributed by atoms with Crippen molar-refractivity contribution in [1.82, 2.24) is 14.3 Å². The van der Waals surface area contributed by atoms with Crippen molar-refractivity contribution >= 4 is 5.65 Å². The first-order chi connectivity index (χ1) is 12.2. The lowest BCUT2D eigenvalue weighted by Crippen LogP contribution is -2.43. The van der Waals surface area contributed by atoms with Gasteiger partial charge in [0.15, 0.2) is 0 Å². The van der Waals surface area contributed by atoms with Crippen LogP contribution in [0.15, 0.2) is 54.7 Å². The molecule has 0 spiro atoms. The number of fused-ring (bicyclic) bond motifs is 1. The highest BCUT2D eigenvalue weighted by atomic mass is 16.3. The predicted octanol–water partition coefficient (Wildman–Crippen LogP) is 3.60. The van der Waals surface area contributed by atoms with Crippen molar-refractivity contribution in [3.05, 3.63) is 60.4 Å². The number of aliphatic hydroxyl groups is 1. The Bertz CT molecular complexity index is 858. The lowest BCUT2D eigenvalue weighted by atomic mass is 9.83. The summed E-state index contributed by atoms with van der Waals surface area (Å²) in [6.45, 7) is 5.29. The quantitative estimate of drug-likeness (QED) is 0.792. The van der Waals surface area contributed by atoms with Crippen molar-refractivity contribution in [3.8, 4) is 11.3 Å². The third kappa shape index (κ3) is 3.20. The number of pyridine rings is 1. The zero-order valence-electron chi connectivity index (χ0n) is 14.7. The van der Waals surface area contributed by atoms with Crippen LogP contribution in [0.4, 0.5) is 0 Å². The van der Waals surface area contributed by atoms with Crippen LogP contribution in [0, 0.1) is 5.41 Å². The predicted molar refractivity (Wildman–Crippen MR) is 100 cm³/mol. The zero-order valence-corrected chi connectivity index (χ0v) is 14.7. The summed E-state index contributed by atoms with van der Waals surface area (Å²) in [6, 6.07) is 16.6. The highest BCUT2D eigenvalue weighted by Crippen LogP contribution is 2.31. The Morgan fingerprint density at radius 2 is 1.92 bits per heavy atom. The molecule has 1 aromatic carbocycles. The fourth-order valence-corrected chi connectivity index (χ4v) is 3.93. The molecule has 4 rings (SSSR count). The van der Waals surface area contributed by atoms with Crippen molar-refractivity contribution in [1.29, 1.82) is 0 Å². The zero-order chi connectivity index (χ0) is 17.3. The van der Waals surface area contributed by atoms with Gasteiger partial charge >= 0.3 is 0 Å². The van der Waals surface area contributed by atoms with E-state index in [0.717, 1.165) is 49.4 Å². The van der Waals surface area contributed by atoms with Crippen molar-refractivity contribution in [2.45, 2.75) is 26.3 Å². The van der Waals surface area contributed by atoms with Crippen LogP contribution in [0.25, 0.3) is 16.9 Å². The van der Waals surface area contributed by atoms with E-state index in [2.05, 4.69) is 58.8 Å². The van der Waals surface area contributed by atoms with E-state index in [1.54, 1.807) is 0 Å². The second-order valence-electron chi connectivity index (χ2n) is 7.48. The molecule has 4 nitrogen and oxygen atoms in total. The number of hydrogen-bond acceptors (Lipinski definition) is 3. The Hall–Kier alpha value is -2.17. The number of piperidine rings is 1. The maximum atomic E-state index is 9.75. The molecule has 0 bridgehead atoms. The fourth-order valence-electron chi connectivity index (χ4n) is 3.93. The molecule has 1 saturated heterocycles. The van der Waals surface area contributed by atoms with Gasteiger partial charge in [-0.2, -0.15) is 0 Å². The summed E-state index contributed by atoms with van der Waals surface area (Å²) in [4.78, 5) is 7.35. The molecule has 1 aliphatic rings. The van der Waals surface area contributed by atoms with Crippen LogP contribution >= 0.6 is 0 Å². The minimum absolute atomic E-state index is 0.00561. The van der Waals surface area contributed by atoms with Gasteiger partial charge in [-0.05, 0) is 31.5 Å². The first-order valence-corrected chi connectivity index (χ1v) is 9.03. The summed E-state index contributed by atoms with van der Waals surface area (Å²) in [5, 5.41) is 9.75. The van der Waals surface area contributed by atoms with Crippen molar-refractivity contribution in [3.63, 3.8) is 0 Å². The standard InChI is InChI=1S/C21H25N3O/c1-21(16-25)11-7-12-23(15-21)14-18-20(17-8-3-2-4-9-17)22-19-10-5-6-13-24(18)19/h2-6,8-10,13,25H,7,11-12,14-16H2,1H3. The lowest BCUT2D eigenvalue weighted by Gasteiger charge is -2.39. The second-order valence-corrected chi connectivity index (χ2v) is 7.48. The maximum absolute atomic E-state index is 9.75. The molecule has 1 N–H and O–H groups in total. The van der Waals surface area contributed by atoms with Gasteiger partial charge in [-0.25, -0.2) is 4.98 Å².